The van der Waals surface area contributed by atoms with Gasteiger partial charge in [-0.3, -0.25) is 14.6 Å². The van der Waals surface area contributed by atoms with E-state index in [-0.39, 0.29) is 24.6 Å². The number of furan rings is 1. The van der Waals surface area contributed by atoms with Crippen molar-refractivity contribution in [1.82, 2.24) is 4.90 Å². The van der Waals surface area contributed by atoms with E-state index in [9.17, 15) is 9.59 Å². The molecule has 3 heterocycles. The number of hydrogen-bond acceptors (Lipinski definition) is 6. The van der Waals surface area contributed by atoms with E-state index in [2.05, 4.69) is 10.2 Å². The van der Waals surface area contributed by atoms with Gasteiger partial charge in [0, 0.05) is 41.5 Å². The quantitative estimate of drug-likeness (QED) is 0.421. The maximum Gasteiger partial charge on any atom is 0.414 e. The monoisotopic (exact) mass is 485 g/mol. The van der Waals surface area contributed by atoms with Crippen LogP contribution in [0.15, 0.2) is 65.1 Å². The fourth-order valence-corrected chi connectivity index (χ4v) is 5.27. The second-order valence-electron chi connectivity index (χ2n) is 9.26. The highest BCUT2D eigenvalue weighted by molar-refractivity contribution is 6.07. The Morgan fingerprint density at radius 3 is 2.64 bits per heavy atom. The van der Waals surface area contributed by atoms with Crippen molar-refractivity contribution >= 4 is 45.3 Å². The summed E-state index contributed by atoms with van der Waals surface area (Å²) in [5.74, 6) is 0.466. The number of anilines is 2. The molecule has 184 valence electrons. The van der Waals surface area contributed by atoms with Gasteiger partial charge in [-0.15, -0.1) is 0 Å². The molecule has 2 amide bonds. The average molecular weight is 486 g/mol. The van der Waals surface area contributed by atoms with Gasteiger partial charge in [-0.25, -0.2) is 4.79 Å². The number of rotatable bonds is 5. The Morgan fingerprint density at radius 2 is 1.81 bits per heavy atom. The number of nitrogens with zero attached hydrogens (tertiary/aromatic N) is 2. The van der Waals surface area contributed by atoms with Crippen LogP contribution >= 0.6 is 0 Å². The molecule has 0 atom stereocenters. The number of carbonyl (C=O) groups is 2. The number of piperidine rings is 1. The summed E-state index contributed by atoms with van der Waals surface area (Å²) in [6.45, 7) is 2.00. The van der Waals surface area contributed by atoms with Crippen LogP contribution in [-0.2, 0) is 16.1 Å². The number of amides is 2. The summed E-state index contributed by atoms with van der Waals surface area (Å²) in [4.78, 5) is 29.4. The smallest absolute Gasteiger partial charge is 0.414 e. The second kappa shape index (κ2) is 9.20. The van der Waals surface area contributed by atoms with Crippen molar-refractivity contribution in [2.75, 3.05) is 37.0 Å². The molecule has 0 spiro atoms. The molecule has 1 saturated heterocycles. The molecule has 6 rings (SSSR count). The number of fused-ring (bicyclic) bond motifs is 4. The van der Waals surface area contributed by atoms with E-state index in [0.717, 1.165) is 40.4 Å². The zero-order valence-electron chi connectivity index (χ0n) is 20.0. The van der Waals surface area contributed by atoms with Gasteiger partial charge < -0.3 is 19.2 Å². The van der Waals surface area contributed by atoms with Crippen molar-refractivity contribution in [2.45, 2.75) is 25.5 Å². The number of carbonyl (C=O) groups excluding carboxylic acids is 2. The lowest BCUT2D eigenvalue weighted by Crippen LogP contribution is -2.50. The Morgan fingerprint density at radius 1 is 1.03 bits per heavy atom. The molecule has 3 aromatic carbocycles. The van der Waals surface area contributed by atoms with Gasteiger partial charge in [0.1, 0.15) is 23.5 Å². The molecule has 1 N–H and O–H groups in total. The molecule has 0 aliphatic carbocycles. The SMILES string of the molecule is COc1cc2c(cc1NC(=O)CN1CCC(N3C(=O)OCc4ccccc43)CC1)oc1ccccc12. The highest BCUT2D eigenvalue weighted by atomic mass is 16.6. The van der Waals surface area contributed by atoms with E-state index in [4.69, 9.17) is 13.9 Å². The highest BCUT2D eigenvalue weighted by Gasteiger charge is 2.34. The van der Waals surface area contributed by atoms with Crippen LogP contribution in [0.1, 0.15) is 18.4 Å². The van der Waals surface area contributed by atoms with E-state index in [1.54, 1.807) is 12.0 Å². The normalized spacial score (nSPS) is 16.7. The van der Waals surface area contributed by atoms with E-state index >= 15 is 0 Å². The first-order valence-electron chi connectivity index (χ1n) is 12.2. The van der Waals surface area contributed by atoms with Crippen LogP contribution in [0.25, 0.3) is 21.9 Å². The minimum atomic E-state index is -0.294. The third kappa shape index (κ3) is 4.03. The summed E-state index contributed by atoms with van der Waals surface area (Å²) in [5, 5.41) is 4.94. The Kier molecular flexibility index (Phi) is 5.73. The second-order valence-corrected chi connectivity index (χ2v) is 9.26. The van der Waals surface area contributed by atoms with Crippen LogP contribution in [0, 0.1) is 0 Å². The van der Waals surface area contributed by atoms with Gasteiger partial charge in [0.2, 0.25) is 5.91 Å². The fourth-order valence-electron chi connectivity index (χ4n) is 5.27. The van der Waals surface area contributed by atoms with Crippen molar-refractivity contribution in [3.05, 3.63) is 66.2 Å². The molecule has 0 radical (unpaired) electrons. The number of cyclic esters (lactones) is 1. The zero-order valence-corrected chi connectivity index (χ0v) is 20.0. The Bertz CT molecular complexity index is 1450. The summed E-state index contributed by atoms with van der Waals surface area (Å²) in [7, 11) is 1.59. The topological polar surface area (TPSA) is 84.2 Å². The third-order valence-electron chi connectivity index (χ3n) is 7.06. The van der Waals surface area contributed by atoms with Crippen LogP contribution in [0.4, 0.5) is 16.2 Å². The molecular weight excluding hydrogens is 458 g/mol. The number of nitrogens with one attached hydrogen (secondary N) is 1. The van der Waals surface area contributed by atoms with Crippen molar-refractivity contribution in [2.24, 2.45) is 0 Å². The molecular formula is C28H27N3O5. The molecule has 1 fully saturated rings. The Balaban J connectivity index is 1.12. The lowest BCUT2D eigenvalue weighted by Gasteiger charge is -2.40. The number of para-hydroxylation sites is 2. The van der Waals surface area contributed by atoms with E-state index < -0.39 is 0 Å². The fraction of sp³-hybridized carbons (Fsp3) is 0.286. The van der Waals surface area contributed by atoms with E-state index in [1.165, 1.54) is 0 Å². The van der Waals surface area contributed by atoms with E-state index in [0.29, 0.717) is 36.7 Å². The molecule has 0 saturated carbocycles. The molecule has 2 aliphatic rings. The molecule has 0 unspecified atom stereocenters. The predicted octanol–water partition coefficient (Wildman–Crippen LogP) is 5.15. The van der Waals surface area contributed by atoms with E-state index in [1.807, 2.05) is 60.7 Å². The maximum absolute atomic E-state index is 12.9. The average Bonchev–Trinajstić information content (AvgIpc) is 3.26. The number of likely N-dealkylation sites (tertiary alicyclic amines) is 1. The van der Waals surface area contributed by atoms with Gasteiger partial charge in [-0.1, -0.05) is 36.4 Å². The standard InChI is InChI=1S/C28H27N3O5/c1-34-26-14-21-20-7-3-5-9-24(20)36-25(21)15-22(26)29-27(32)16-30-12-10-19(11-13-30)31-23-8-4-2-6-18(23)17-35-28(31)33/h2-9,14-15,19H,10-13,16-17H2,1H3,(H,29,32). The van der Waals surface area contributed by atoms with Gasteiger partial charge in [-0.2, -0.15) is 0 Å². The zero-order chi connectivity index (χ0) is 24.6. The first kappa shape index (κ1) is 22.4. The van der Waals surface area contributed by atoms with Crippen LogP contribution in [0.3, 0.4) is 0 Å². The first-order valence-corrected chi connectivity index (χ1v) is 12.2. The van der Waals surface area contributed by atoms with Gasteiger partial charge in [0.05, 0.1) is 25.0 Å². The number of methoxy groups -OCH3 is 1. The lowest BCUT2D eigenvalue weighted by atomic mass is 10.0. The minimum absolute atomic E-state index is 0.0499. The Hall–Kier alpha value is -4.04. The predicted molar refractivity (Wildman–Crippen MR) is 137 cm³/mol. The molecule has 2 aliphatic heterocycles. The van der Waals surface area contributed by atoms with Crippen LogP contribution in [0.5, 0.6) is 5.75 Å². The molecule has 36 heavy (non-hydrogen) atoms. The molecule has 4 aromatic rings. The Labute approximate surface area is 208 Å². The summed E-state index contributed by atoms with van der Waals surface area (Å²) in [6, 6.07) is 19.5. The van der Waals surface area contributed by atoms with Crippen molar-refractivity contribution in [3.8, 4) is 5.75 Å². The molecule has 0 bridgehead atoms. The number of ether oxygens (including phenoxy) is 2. The molecule has 1 aromatic heterocycles. The lowest BCUT2D eigenvalue weighted by molar-refractivity contribution is -0.117. The number of hydrogen-bond donors (Lipinski definition) is 1. The minimum Gasteiger partial charge on any atom is -0.495 e. The maximum atomic E-state index is 12.9. The van der Waals surface area contributed by atoms with Crippen LogP contribution in [-0.4, -0.2) is 49.7 Å². The van der Waals surface area contributed by atoms with Gasteiger partial charge in [-0.05, 0) is 31.0 Å². The summed E-state index contributed by atoms with van der Waals surface area (Å²) in [5.41, 5.74) is 4.02. The van der Waals surface area contributed by atoms with Crippen molar-refractivity contribution in [3.63, 3.8) is 0 Å². The first-order chi connectivity index (χ1) is 17.6. The molecule has 8 nitrogen and oxygen atoms in total. The summed E-state index contributed by atoms with van der Waals surface area (Å²) < 4.78 is 16.9. The van der Waals surface area contributed by atoms with Gasteiger partial charge in [0.15, 0.2) is 0 Å². The van der Waals surface area contributed by atoms with Gasteiger partial charge in [0.25, 0.3) is 0 Å². The molecule has 8 heteroatoms. The summed E-state index contributed by atoms with van der Waals surface area (Å²) in [6.07, 6.45) is 1.24. The van der Waals surface area contributed by atoms with Crippen LogP contribution in [0.2, 0.25) is 0 Å². The highest BCUT2D eigenvalue weighted by Crippen LogP contribution is 2.36. The van der Waals surface area contributed by atoms with Crippen molar-refractivity contribution in [1.29, 1.82) is 0 Å². The van der Waals surface area contributed by atoms with Crippen LogP contribution < -0.4 is 15.0 Å². The van der Waals surface area contributed by atoms with Gasteiger partial charge >= 0.3 is 6.09 Å². The third-order valence-corrected chi connectivity index (χ3v) is 7.06. The van der Waals surface area contributed by atoms with Crippen molar-refractivity contribution < 1.29 is 23.5 Å². The number of benzene rings is 3. The largest absolute Gasteiger partial charge is 0.495 e. The summed E-state index contributed by atoms with van der Waals surface area (Å²) >= 11 is 0.